The van der Waals surface area contributed by atoms with Crippen molar-refractivity contribution in [1.82, 2.24) is 15.2 Å². The van der Waals surface area contributed by atoms with E-state index in [0.29, 0.717) is 0 Å². The molecular formula is C16H21N3O2. The van der Waals surface area contributed by atoms with Gasteiger partial charge in [0, 0.05) is 34.5 Å². The highest BCUT2D eigenvalue weighted by Crippen LogP contribution is 2.21. The normalized spacial score (nSPS) is 32.6. The fourth-order valence-corrected chi connectivity index (χ4v) is 2.02. The van der Waals surface area contributed by atoms with Gasteiger partial charge in [-0.15, -0.1) is 0 Å². The lowest BCUT2D eigenvalue weighted by molar-refractivity contribution is 0.177. The van der Waals surface area contributed by atoms with Crippen molar-refractivity contribution in [3.63, 3.8) is 0 Å². The van der Waals surface area contributed by atoms with Gasteiger partial charge in [0.1, 0.15) is 6.61 Å². The molecule has 1 amide bonds. The molecule has 1 aliphatic heterocycles. The molecule has 3 rings (SSSR count). The maximum Gasteiger partial charge on any atom is 0.407 e. The predicted molar refractivity (Wildman–Crippen MR) is 82.5 cm³/mol. The van der Waals surface area contributed by atoms with E-state index in [-0.39, 0.29) is 33.5 Å². The third-order valence-electron chi connectivity index (χ3n) is 2.96. The van der Waals surface area contributed by atoms with Crippen LogP contribution in [0.25, 0.3) is 10.9 Å². The number of alkyl carbamates (subject to hydrolysis) is 1. The molecule has 5 nitrogen and oxygen atoms in total. The summed E-state index contributed by atoms with van der Waals surface area (Å²) >= 11 is 0. The number of aromatic amines is 1. The van der Waals surface area contributed by atoms with Gasteiger partial charge in [-0.1, -0.05) is 6.04 Å². The van der Waals surface area contributed by atoms with E-state index >= 15 is 0 Å². The van der Waals surface area contributed by atoms with E-state index < -0.39 is 69.7 Å². The Morgan fingerprint density at radius 1 is 1.62 bits per heavy atom. The highest BCUT2D eigenvalue weighted by molar-refractivity contribution is 5.84. The van der Waals surface area contributed by atoms with Crippen LogP contribution < -0.4 is 5.32 Å². The van der Waals surface area contributed by atoms with Crippen LogP contribution in [0.15, 0.2) is 24.3 Å². The molecule has 1 saturated heterocycles. The number of benzene rings is 1. The molecule has 1 atom stereocenters. The van der Waals surface area contributed by atoms with Crippen LogP contribution in [0, 0.1) is 0 Å². The standard InChI is InChI=1S/C16H21N3O2/c1-19(2)6-5-12-9-17-15-4-3-11(8-14(12)15)7-13-10-21-16(20)18-13/h3-4,8-9,13,17H,5-7,10H2,1-2H3,(H,18,20)/t13-/m0/s1/i1D3,2D3,3D,4D,6D2,8D,9D,13D. The molecule has 2 heterocycles. The molecule has 0 saturated carbocycles. The molecule has 0 spiro atoms. The number of aromatic nitrogens is 1. The number of H-pyrrole nitrogens is 1. The van der Waals surface area contributed by atoms with E-state index in [1.165, 1.54) is 0 Å². The van der Waals surface area contributed by atoms with Crippen LogP contribution >= 0.6 is 0 Å². The number of carbonyl (C=O) groups excluding carboxylic acids is 1. The third kappa shape index (κ3) is 3.19. The van der Waals surface area contributed by atoms with Crippen molar-refractivity contribution >= 4 is 17.0 Å². The fraction of sp³-hybridized carbons (Fsp3) is 0.438. The molecule has 1 fully saturated rings. The molecule has 21 heavy (non-hydrogen) atoms. The van der Waals surface area contributed by atoms with E-state index in [2.05, 4.69) is 10.3 Å². The Hall–Kier alpha value is -2.01. The van der Waals surface area contributed by atoms with Crippen molar-refractivity contribution in [2.75, 3.05) is 27.1 Å². The van der Waals surface area contributed by atoms with Gasteiger partial charge in [-0.25, -0.2) is 4.79 Å². The summed E-state index contributed by atoms with van der Waals surface area (Å²) in [5, 5.41) is 2.08. The van der Waals surface area contributed by atoms with Crippen molar-refractivity contribution in [1.29, 1.82) is 0 Å². The lowest BCUT2D eigenvalue weighted by Gasteiger charge is -2.09. The van der Waals surface area contributed by atoms with E-state index in [1.54, 1.807) is 0 Å². The van der Waals surface area contributed by atoms with Crippen molar-refractivity contribution in [3.05, 3.63) is 35.4 Å². The molecule has 0 radical (unpaired) electrons. The van der Waals surface area contributed by atoms with Gasteiger partial charge in [0.15, 0.2) is 0 Å². The van der Waals surface area contributed by atoms with Gasteiger partial charge in [-0.3, -0.25) is 0 Å². The van der Waals surface area contributed by atoms with Crippen LogP contribution in [-0.4, -0.2) is 49.1 Å². The van der Waals surface area contributed by atoms with Gasteiger partial charge >= 0.3 is 6.09 Å². The third-order valence-corrected chi connectivity index (χ3v) is 2.96. The van der Waals surface area contributed by atoms with Gasteiger partial charge in [0.25, 0.3) is 0 Å². The van der Waals surface area contributed by atoms with Crippen LogP contribution in [0.4, 0.5) is 4.79 Å². The number of hydrogen-bond donors (Lipinski definition) is 2. The number of nitrogens with one attached hydrogen (secondary N) is 2. The van der Waals surface area contributed by atoms with Gasteiger partial charge in [0.2, 0.25) is 0 Å². The molecule has 2 aromatic rings. The second-order valence-electron chi connectivity index (χ2n) is 4.48. The first-order chi connectivity index (χ1) is 15.3. The zero-order valence-electron chi connectivity index (χ0n) is 23.9. The van der Waals surface area contributed by atoms with Gasteiger partial charge < -0.3 is 19.9 Å². The van der Waals surface area contributed by atoms with Gasteiger partial charge in [-0.05, 0) is 50.0 Å². The second kappa shape index (κ2) is 5.77. The first-order valence-corrected chi connectivity index (χ1v) is 6.14. The molecule has 1 aromatic carbocycles. The number of aryl methyl sites for hydroxylation is 1. The lowest BCUT2D eigenvalue weighted by atomic mass is 10.0. The quantitative estimate of drug-likeness (QED) is 0.887. The van der Waals surface area contributed by atoms with E-state index in [9.17, 15) is 4.79 Å². The van der Waals surface area contributed by atoms with Crippen molar-refractivity contribution in [2.45, 2.75) is 18.9 Å². The highest BCUT2D eigenvalue weighted by atomic mass is 16.6. The summed E-state index contributed by atoms with van der Waals surface area (Å²) in [5.74, 6) is 0. The summed E-state index contributed by atoms with van der Waals surface area (Å²) in [4.78, 5) is 13.6. The average Bonchev–Trinajstić information content (AvgIpc) is 3.13. The molecule has 5 heteroatoms. The molecule has 0 bridgehead atoms. The summed E-state index contributed by atoms with van der Waals surface area (Å²) < 4.78 is 108. The maximum absolute atomic E-state index is 11.4. The molecule has 1 aliphatic rings. The summed E-state index contributed by atoms with van der Waals surface area (Å²) in [7, 11) is 0. The molecule has 112 valence electrons. The number of hydrogen-bond acceptors (Lipinski definition) is 3. The first kappa shape index (κ1) is 5.32. The number of fused-ring (bicyclic) bond motifs is 1. The van der Waals surface area contributed by atoms with Crippen molar-refractivity contribution in [3.8, 4) is 0 Å². The summed E-state index contributed by atoms with van der Waals surface area (Å²) in [6, 6.07) is -3.07. The number of nitrogens with zero attached hydrogens (tertiary/aromatic N) is 1. The van der Waals surface area contributed by atoms with Gasteiger partial charge in [0.05, 0.1) is 12.9 Å². The van der Waals surface area contributed by atoms with E-state index in [0.717, 1.165) is 0 Å². The molecular weight excluding hydrogens is 266 g/mol. The van der Waals surface area contributed by atoms with Crippen molar-refractivity contribution < 1.29 is 27.4 Å². The number of rotatable bonds is 5. The Balaban J connectivity index is 2.17. The monoisotopic (exact) mass is 300 g/mol. The SMILES string of the molecule is [2H]c1[nH]c2c([2H])c([2H])c(C[C@@]3([2H])COC(=O)N3)c([2H])c2c1CC([2H])([2H])N(C([2H])([2H])[2H])C([2H])([2H])[2H]. The van der Waals surface area contributed by atoms with Crippen LogP contribution in [0.5, 0.6) is 0 Å². The smallest absolute Gasteiger partial charge is 0.407 e. The summed E-state index contributed by atoms with van der Waals surface area (Å²) in [6.45, 7) is -10.1. The topological polar surface area (TPSA) is 57.4 Å². The second-order valence-corrected chi connectivity index (χ2v) is 4.48. The van der Waals surface area contributed by atoms with Crippen LogP contribution in [-0.2, 0) is 17.6 Å². The largest absolute Gasteiger partial charge is 0.447 e. The number of likely N-dealkylation sites (N-methyl/N-ethyl adjacent to an activating group) is 1. The Bertz CT molecular complexity index is 1130. The minimum absolute atomic E-state index is 0.150. The Kier molecular flexibility index (Phi) is 1.46. The predicted octanol–water partition coefficient (Wildman–Crippen LogP) is 1.92. The molecule has 1 aromatic heterocycles. The summed E-state index contributed by atoms with van der Waals surface area (Å²) in [5.41, 5.74) is -0.568. The Morgan fingerprint density at radius 2 is 2.52 bits per heavy atom. The Labute approximate surface area is 142 Å². The maximum atomic E-state index is 11.4. The Morgan fingerprint density at radius 3 is 3.29 bits per heavy atom. The molecule has 0 unspecified atom stereocenters. The minimum Gasteiger partial charge on any atom is -0.447 e. The van der Waals surface area contributed by atoms with Crippen LogP contribution in [0.3, 0.4) is 0 Å². The number of carbonyl (C=O) groups is 1. The minimum atomic E-state index is -3.36. The lowest BCUT2D eigenvalue weighted by Crippen LogP contribution is -2.28. The van der Waals surface area contributed by atoms with Gasteiger partial charge in [-0.2, -0.15) is 0 Å². The van der Waals surface area contributed by atoms with E-state index in [1.807, 2.05) is 0 Å². The number of cyclic esters (lactones) is 1. The number of ether oxygens (including phenoxy) is 1. The average molecular weight is 300 g/mol. The molecule has 0 aliphatic carbocycles. The first-order valence-electron chi connectivity index (χ1n) is 12.6. The fourth-order valence-electron chi connectivity index (χ4n) is 2.02. The van der Waals surface area contributed by atoms with Crippen LogP contribution in [0.1, 0.15) is 28.9 Å². The number of amides is 1. The zero-order chi connectivity index (χ0) is 26.0. The zero-order valence-corrected chi connectivity index (χ0v) is 10.9. The molecule has 2 N–H and O–H groups in total. The van der Waals surface area contributed by atoms with Crippen LogP contribution in [0.2, 0.25) is 0 Å². The van der Waals surface area contributed by atoms with Crippen molar-refractivity contribution in [2.24, 2.45) is 0 Å². The highest BCUT2D eigenvalue weighted by Gasteiger charge is 2.22. The van der Waals surface area contributed by atoms with E-state index in [4.69, 9.17) is 22.6 Å². The summed E-state index contributed by atoms with van der Waals surface area (Å²) in [6.07, 6.45) is -2.68.